The molecule has 0 aliphatic rings. The first kappa shape index (κ1) is 15.9. The van der Waals surface area contributed by atoms with Gasteiger partial charge >= 0.3 is 0 Å². The first-order valence-electron chi connectivity index (χ1n) is 5.86. The summed E-state index contributed by atoms with van der Waals surface area (Å²) in [5.41, 5.74) is 4.91. The fourth-order valence-electron chi connectivity index (χ4n) is 1.53. The third-order valence-electron chi connectivity index (χ3n) is 2.49. The molecule has 0 saturated heterocycles. The number of sulfonamides is 1. The quantitative estimate of drug-likeness (QED) is 0.778. The topological polar surface area (TPSA) is 81.4 Å². The highest BCUT2D eigenvalue weighted by molar-refractivity contribution is 7.89. The Morgan fingerprint density at radius 1 is 1.42 bits per heavy atom. The first-order valence-corrected chi connectivity index (χ1v) is 7.35. The highest BCUT2D eigenvalue weighted by Crippen LogP contribution is 2.19. The number of nitrogens with one attached hydrogen (secondary N) is 1. The Bertz CT molecular complexity index is 544. The molecule has 3 N–H and O–H groups in total. The number of nitrogen functional groups attached to an aromatic ring is 1. The van der Waals surface area contributed by atoms with Gasteiger partial charge in [0, 0.05) is 13.2 Å². The van der Waals surface area contributed by atoms with Gasteiger partial charge in [-0.2, -0.15) is 0 Å². The highest BCUT2D eigenvalue weighted by atomic mass is 32.2. The van der Waals surface area contributed by atoms with E-state index in [4.69, 9.17) is 10.5 Å². The van der Waals surface area contributed by atoms with Crippen molar-refractivity contribution in [2.45, 2.75) is 31.3 Å². The summed E-state index contributed by atoms with van der Waals surface area (Å²) in [5, 5.41) is 0. The second-order valence-corrected chi connectivity index (χ2v) is 6.43. The van der Waals surface area contributed by atoms with E-state index in [2.05, 4.69) is 4.72 Å². The average molecular weight is 290 g/mol. The van der Waals surface area contributed by atoms with Crippen molar-refractivity contribution in [1.82, 2.24) is 4.72 Å². The summed E-state index contributed by atoms with van der Waals surface area (Å²) in [6, 6.07) is 3.22. The van der Waals surface area contributed by atoms with Crippen LogP contribution in [0.4, 0.5) is 10.1 Å². The maximum Gasteiger partial charge on any atom is 0.242 e. The van der Waals surface area contributed by atoms with Crippen LogP contribution in [0.2, 0.25) is 0 Å². The van der Waals surface area contributed by atoms with Crippen molar-refractivity contribution >= 4 is 15.7 Å². The van der Waals surface area contributed by atoms with E-state index in [0.29, 0.717) is 6.61 Å². The van der Waals surface area contributed by atoms with Gasteiger partial charge in [0.05, 0.1) is 11.3 Å². The third-order valence-corrected chi connectivity index (χ3v) is 3.95. The predicted molar refractivity (Wildman–Crippen MR) is 71.7 cm³/mol. The molecule has 19 heavy (non-hydrogen) atoms. The number of anilines is 1. The second kappa shape index (κ2) is 5.85. The summed E-state index contributed by atoms with van der Waals surface area (Å²) in [5.74, 6) is -0.654. The van der Waals surface area contributed by atoms with Gasteiger partial charge in [0.2, 0.25) is 10.0 Å². The molecule has 0 aliphatic carbocycles. The van der Waals surface area contributed by atoms with Gasteiger partial charge < -0.3 is 10.5 Å². The van der Waals surface area contributed by atoms with Gasteiger partial charge in [0.15, 0.2) is 0 Å². The van der Waals surface area contributed by atoms with E-state index in [-0.39, 0.29) is 17.1 Å². The van der Waals surface area contributed by atoms with Crippen molar-refractivity contribution in [3.63, 3.8) is 0 Å². The van der Waals surface area contributed by atoms with Crippen molar-refractivity contribution < 1.29 is 17.5 Å². The zero-order valence-electron chi connectivity index (χ0n) is 11.2. The molecular weight excluding hydrogens is 271 g/mol. The van der Waals surface area contributed by atoms with Crippen molar-refractivity contribution in [1.29, 1.82) is 0 Å². The summed E-state index contributed by atoms with van der Waals surface area (Å²) in [7, 11) is -3.86. The molecule has 108 valence electrons. The molecule has 0 fully saturated rings. The van der Waals surface area contributed by atoms with E-state index in [9.17, 15) is 12.8 Å². The number of nitrogens with two attached hydrogens (primary N) is 1. The molecule has 0 aliphatic heterocycles. The van der Waals surface area contributed by atoms with Crippen LogP contribution in [0.1, 0.15) is 20.8 Å². The normalized spacial score (nSPS) is 12.6. The standard InChI is InChI=1S/C12H19FN2O3S/c1-4-18-12(2,3)8-15-19(16,17)11-7-9(13)5-6-10(11)14/h5-7,15H,4,8,14H2,1-3H3. The molecule has 1 aromatic carbocycles. The molecule has 1 rings (SSSR count). The van der Waals surface area contributed by atoms with E-state index in [0.717, 1.165) is 12.1 Å². The Kier molecular flexibility index (Phi) is 4.89. The van der Waals surface area contributed by atoms with Crippen LogP contribution in [-0.4, -0.2) is 27.2 Å². The fraction of sp³-hybridized carbons (Fsp3) is 0.500. The Morgan fingerprint density at radius 2 is 2.05 bits per heavy atom. The Balaban J connectivity index is 2.90. The van der Waals surface area contributed by atoms with Gasteiger partial charge in [-0.15, -0.1) is 0 Å². The lowest BCUT2D eigenvalue weighted by atomic mass is 10.1. The van der Waals surface area contributed by atoms with E-state index >= 15 is 0 Å². The van der Waals surface area contributed by atoms with E-state index < -0.39 is 21.4 Å². The lowest BCUT2D eigenvalue weighted by Gasteiger charge is -2.24. The minimum absolute atomic E-state index is 0.00289. The molecular formula is C12H19FN2O3S. The van der Waals surface area contributed by atoms with Crippen molar-refractivity contribution in [3.8, 4) is 0 Å². The maximum absolute atomic E-state index is 13.1. The van der Waals surface area contributed by atoms with E-state index in [1.165, 1.54) is 6.07 Å². The van der Waals surface area contributed by atoms with Gasteiger partial charge in [-0.05, 0) is 39.0 Å². The van der Waals surface area contributed by atoms with Crippen LogP contribution in [0.3, 0.4) is 0 Å². The Labute approximate surface area is 113 Å². The van der Waals surface area contributed by atoms with Gasteiger partial charge in [0.25, 0.3) is 0 Å². The van der Waals surface area contributed by atoms with Crippen LogP contribution in [0.25, 0.3) is 0 Å². The Hall–Kier alpha value is -1.18. The molecule has 7 heteroatoms. The van der Waals surface area contributed by atoms with Crippen LogP contribution in [-0.2, 0) is 14.8 Å². The molecule has 1 aromatic rings. The smallest absolute Gasteiger partial charge is 0.242 e. The molecule has 0 unspecified atom stereocenters. The fourth-order valence-corrected chi connectivity index (χ4v) is 2.87. The highest BCUT2D eigenvalue weighted by Gasteiger charge is 2.24. The third kappa shape index (κ3) is 4.45. The van der Waals surface area contributed by atoms with Gasteiger partial charge in [0.1, 0.15) is 10.7 Å². The second-order valence-electron chi connectivity index (χ2n) is 4.70. The largest absolute Gasteiger partial charge is 0.398 e. The van der Waals surface area contributed by atoms with Crippen molar-refractivity contribution in [2.24, 2.45) is 0 Å². The summed E-state index contributed by atoms with van der Waals surface area (Å²) < 4.78 is 44.9. The molecule has 0 amide bonds. The van der Waals surface area contributed by atoms with Crippen LogP contribution >= 0.6 is 0 Å². The lowest BCUT2D eigenvalue weighted by molar-refractivity contribution is -0.00514. The number of ether oxygens (including phenoxy) is 1. The average Bonchev–Trinajstić information content (AvgIpc) is 2.30. The SMILES string of the molecule is CCOC(C)(C)CNS(=O)(=O)c1cc(F)ccc1N. The van der Waals surface area contributed by atoms with Gasteiger partial charge in [-0.25, -0.2) is 17.5 Å². The Morgan fingerprint density at radius 3 is 2.63 bits per heavy atom. The van der Waals surface area contributed by atoms with Gasteiger partial charge in [-0.1, -0.05) is 0 Å². The molecule has 0 aromatic heterocycles. The molecule has 0 saturated carbocycles. The summed E-state index contributed by atoms with van der Waals surface area (Å²) in [6.07, 6.45) is 0. The molecule has 0 heterocycles. The van der Waals surface area contributed by atoms with Crippen LogP contribution < -0.4 is 10.5 Å². The molecule has 5 nitrogen and oxygen atoms in total. The first-order chi connectivity index (χ1) is 8.68. The van der Waals surface area contributed by atoms with Crippen LogP contribution in [0.15, 0.2) is 23.1 Å². The summed E-state index contributed by atoms with van der Waals surface area (Å²) in [6.45, 7) is 5.87. The van der Waals surface area contributed by atoms with Gasteiger partial charge in [-0.3, -0.25) is 0 Å². The number of hydrogen-bond acceptors (Lipinski definition) is 4. The van der Waals surface area contributed by atoms with E-state index in [1.807, 2.05) is 6.92 Å². The molecule has 0 radical (unpaired) electrons. The lowest BCUT2D eigenvalue weighted by Crippen LogP contribution is -2.40. The summed E-state index contributed by atoms with van der Waals surface area (Å²) >= 11 is 0. The maximum atomic E-state index is 13.1. The molecule has 0 spiro atoms. The minimum atomic E-state index is -3.86. The molecule has 0 bridgehead atoms. The minimum Gasteiger partial charge on any atom is -0.398 e. The monoisotopic (exact) mass is 290 g/mol. The predicted octanol–water partition coefficient (Wildman–Crippen LogP) is 1.50. The summed E-state index contributed by atoms with van der Waals surface area (Å²) in [4.78, 5) is -0.264. The number of rotatable bonds is 6. The van der Waals surface area contributed by atoms with Crippen LogP contribution in [0, 0.1) is 5.82 Å². The van der Waals surface area contributed by atoms with Crippen molar-refractivity contribution in [2.75, 3.05) is 18.9 Å². The number of hydrogen-bond donors (Lipinski definition) is 2. The number of benzene rings is 1. The number of halogens is 1. The van der Waals surface area contributed by atoms with Crippen LogP contribution in [0.5, 0.6) is 0 Å². The van der Waals surface area contributed by atoms with Crippen molar-refractivity contribution in [3.05, 3.63) is 24.0 Å². The van der Waals surface area contributed by atoms with E-state index in [1.54, 1.807) is 13.8 Å². The zero-order chi connectivity index (χ0) is 14.7. The molecule has 0 atom stereocenters. The zero-order valence-corrected chi connectivity index (χ0v) is 12.1.